The maximum atomic E-state index is 15.2. The fraction of sp³-hybridized carbons (Fsp3) is 0.516. The lowest BCUT2D eigenvalue weighted by Crippen LogP contribution is -2.55. The number of nitrogens with zero attached hydrogens (tertiary/aromatic N) is 7. The monoisotopic (exact) mass is 1140 g/mol. The van der Waals surface area contributed by atoms with Crippen LogP contribution in [0, 0.1) is 17.7 Å². The lowest BCUT2D eigenvalue weighted by molar-refractivity contribution is -0.137. The minimum absolute atomic E-state index is 0.0218. The zero-order chi connectivity index (χ0) is 57.8. The maximum absolute atomic E-state index is 15.2. The molecule has 2 atom stereocenters. The Kier molecular flexibility index (Phi) is 19.8. The van der Waals surface area contributed by atoms with Crippen molar-refractivity contribution in [3.05, 3.63) is 135 Å². The van der Waals surface area contributed by atoms with Gasteiger partial charge in [-0.2, -0.15) is 5.10 Å². The van der Waals surface area contributed by atoms with Gasteiger partial charge in [0.1, 0.15) is 23.4 Å². The molecule has 5 aromatic rings. The van der Waals surface area contributed by atoms with E-state index in [-0.39, 0.29) is 53.1 Å². The zero-order valence-corrected chi connectivity index (χ0v) is 48.3. The second-order valence-corrected chi connectivity index (χ2v) is 23.2. The number of hydrogen-bond donors (Lipinski definition) is 3. The lowest BCUT2D eigenvalue weighted by Gasteiger charge is -2.41. The number of benzene rings is 4. The quantitative estimate of drug-likeness (QED) is 0.0866. The summed E-state index contributed by atoms with van der Waals surface area (Å²) in [5.41, 5.74) is 3.51. The lowest BCUT2D eigenvalue weighted by atomic mass is 9.82. The standard InChI is InChI=1S/C64H81FN10O8/c1-3-83-57-38-51(82-2)20-19-49(57)39-66-40-58(76)75-24-10-15-50(42-75)47-13-9-14-48(37-47)61(78)67-60(46-11-5-4-6-12-46)64(81)73-25-22-44(23-26-73)41-70-27-29-71(30-28-70)43-59(77)72-31-33-74(34-32-72)63(80)54-35-45(18-21-55(54)65)36-56-52-16-7-8-17-53(52)62(79)69-68-56/h7-9,13-14,16-21,35,37-38,44,46,50,60,66H,3-6,10-12,15,22-34,36,39-43H2,1-2H3,(H,67,78)(H,69,79). The molecule has 5 heterocycles. The largest absolute Gasteiger partial charge is 0.497 e. The molecule has 4 aromatic carbocycles. The van der Waals surface area contributed by atoms with E-state index < -0.39 is 17.8 Å². The highest BCUT2D eigenvalue weighted by atomic mass is 19.1. The predicted octanol–water partition coefficient (Wildman–Crippen LogP) is 6.08. The van der Waals surface area contributed by atoms with Gasteiger partial charge in [0.15, 0.2) is 0 Å². The summed E-state index contributed by atoms with van der Waals surface area (Å²) in [6.45, 7) is 11.6. The molecule has 0 spiro atoms. The number of likely N-dealkylation sites (tertiary alicyclic amines) is 2. The van der Waals surface area contributed by atoms with Crippen molar-refractivity contribution >= 4 is 40.3 Å². The fourth-order valence-electron chi connectivity index (χ4n) is 13.0. The molecular formula is C64H81FN10O8. The first-order valence-electron chi connectivity index (χ1n) is 30.2. The van der Waals surface area contributed by atoms with Gasteiger partial charge in [-0.15, -0.1) is 0 Å². The van der Waals surface area contributed by atoms with Crippen molar-refractivity contribution in [3.8, 4) is 11.5 Å². The van der Waals surface area contributed by atoms with Crippen LogP contribution in [0.3, 0.4) is 0 Å². The van der Waals surface area contributed by atoms with Crippen LogP contribution in [-0.4, -0.2) is 187 Å². The van der Waals surface area contributed by atoms with E-state index in [1.54, 1.807) is 41.2 Å². The average molecular weight is 1140 g/mol. The number of piperidine rings is 2. The van der Waals surface area contributed by atoms with Crippen molar-refractivity contribution < 1.29 is 37.8 Å². The SMILES string of the molecule is CCOc1cc(OC)ccc1CNCC(=O)N1CCCC(c2cccc(C(=O)NC(C(=O)N3CCC(CN4CCN(CC(=O)N5CCN(C(=O)c6cc(Cc7n[nH]c(=O)c8ccccc78)ccc6F)CC5)CC4)CC3)C3CCCCC3)c2)C1. The Morgan fingerprint density at radius 1 is 0.723 bits per heavy atom. The number of aromatic amines is 1. The number of fused-ring (bicyclic) bond motifs is 1. The molecule has 5 aliphatic rings. The van der Waals surface area contributed by atoms with Gasteiger partial charge < -0.3 is 44.6 Å². The van der Waals surface area contributed by atoms with Crippen LogP contribution in [0.25, 0.3) is 10.8 Å². The molecule has 18 nitrogen and oxygen atoms in total. The highest BCUT2D eigenvalue weighted by molar-refractivity contribution is 5.98. The molecule has 0 bridgehead atoms. The van der Waals surface area contributed by atoms with Crippen LogP contribution in [-0.2, 0) is 27.3 Å². The molecule has 3 N–H and O–H groups in total. The minimum Gasteiger partial charge on any atom is -0.497 e. The molecule has 1 aliphatic carbocycles. The van der Waals surface area contributed by atoms with Crippen molar-refractivity contribution in [1.82, 2.24) is 50.2 Å². The van der Waals surface area contributed by atoms with Gasteiger partial charge in [-0.25, -0.2) is 9.49 Å². The van der Waals surface area contributed by atoms with E-state index in [9.17, 15) is 28.8 Å². The number of aromatic nitrogens is 2. The summed E-state index contributed by atoms with van der Waals surface area (Å²) in [7, 11) is 1.62. The number of amides is 5. The van der Waals surface area contributed by atoms with Gasteiger partial charge in [-0.05, 0) is 105 Å². The van der Waals surface area contributed by atoms with Crippen LogP contribution in [0.15, 0.2) is 89.7 Å². The third-order valence-corrected chi connectivity index (χ3v) is 17.8. The van der Waals surface area contributed by atoms with Crippen LogP contribution in [0.4, 0.5) is 4.39 Å². The molecule has 1 aromatic heterocycles. The third kappa shape index (κ3) is 14.8. The van der Waals surface area contributed by atoms with Crippen molar-refractivity contribution in [2.45, 2.75) is 89.6 Å². The molecule has 4 saturated heterocycles. The number of nitrogens with one attached hydrogen (secondary N) is 3. The van der Waals surface area contributed by atoms with E-state index >= 15 is 4.39 Å². The van der Waals surface area contributed by atoms with E-state index in [1.807, 2.05) is 71.3 Å². The summed E-state index contributed by atoms with van der Waals surface area (Å²) in [5.74, 6) is 0.887. The van der Waals surface area contributed by atoms with Crippen molar-refractivity contribution in [3.63, 3.8) is 0 Å². The first-order chi connectivity index (χ1) is 40.4. The Morgan fingerprint density at radius 3 is 2.23 bits per heavy atom. The topological polar surface area (TPSA) is 193 Å². The van der Waals surface area contributed by atoms with Gasteiger partial charge in [0.05, 0.1) is 43.4 Å². The number of carbonyl (C=O) groups is 5. The number of carbonyl (C=O) groups excluding carboxylic acids is 5. The summed E-state index contributed by atoms with van der Waals surface area (Å²) in [4.78, 5) is 93.7. The summed E-state index contributed by atoms with van der Waals surface area (Å²) >= 11 is 0. The third-order valence-electron chi connectivity index (χ3n) is 17.8. The first-order valence-corrected chi connectivity index (χ1v) is 30.2. The maximum Gasteiger partial charge on any atom is 0.272 e. The highest BCUT2D eigenvalue weighted by Crippen LogP contribution is 2.32. The minimum atomic E-state index is -0.610. The Balaban J connectivity index is 0.650. The summed E-state index contributed by atoms with van der Waals surface area (Å²) in [6.07, 6.45) is 8.93. The van der Waals surface area contributed by atoms with Crippen molar-refractivity contribution in [2.75, 3.05) is 112 Å². The van der Waals surface area contributed by atoms with Crippen LogP contribution < -0.4 is 25.7 Å². The van der Waals surface area contributed by atoms with Gasteiger partial charge in [-0.3, -0.25) is 33.7 Å². The van der Waals surface area contributed by atoms with Gasteiger partial charge in [0.25, 0.3) is 17.4 Å². The molecular weight excluding hydrogens is 1060 g/mol. The Hall–Kier alpha value is -7.22. The van der Waals surface area contributed by atoms with Crippen LogP contribution >= 0.6 is 0 Å². The van der Waals surface area contributed by atoms with E-state index in [0.717, 1.165) is 107 Å². The van der Waals surface area contributed by atoms with E-state index in [4.69, 9.17) is 9.47 Å². The van der Waals surface area contributed by atoms with Crippen LogP contribution in [0.1, 0.15) is 114 Å². The van der Waals surface area contributed by atoms with Gasteiger partial charge in [0, 0.05) is 127 Å². The van der Waals surface area contributed by atoms with Crippen molar-refractivity contribution in [1.29, 1.82) is 0 Å². The number of hydrogen-bond acceptors (Lipinski definition) is 12. The second-order valence-electron chi connectivity index (χ2n) is 23.2. The number of H-pyrrole nitrogens is 1. The molecule has 19 heteroatoms. The molecule has 442 valence electrons. The number of methoxy groups -OCH3 is 1. The molecule has 5 amide bonds. The second kappa shape index (κ2) is 27.9. The molecule has 4 aliphatic heterocycles. The molecule has 0 radical (unpaired) electrons. The van der Waals surface area contributed by atoms with E-state index in [1.165, 1.54) is 6.07 Å². The van der Waals surface area contributed by atoms with Gasteiger partial charge in [0.2, 0.25) is 17.7 Å². The first kappa shape index (κ1) is 59.0. The van der Waals surface area contributed by atoms with E-state index in [2.05, 4.69) is 30.6 Å². The molecule has 5 fully saturated rings. The Labute approximate surface area is 486 Å². The van der Waals surface area contributed by atoms with Gasteiger partial charge in [-0.1, -0.05) is 61.7 Å². The Morgan fingerprint density at radius 2 is 1.47 bits per heavy atom. The highest BCUT2D eigenvalue weighted by Gasteiger charge is 2.37. The average Bonchev–Trinajstić information content (AvgIpc) is 3.61. The van der Waals surface area contributed by atoms with Gasteiger partial charge >= 0.3 is 0 Å². The number of piperazine rings is 2. The normalized spacial score (nSPS) is 19.1. The number of halogens is 1. The van der Waals surface area contributed by atoms with E-state index in [0.29, 0.717) is 118 Å². The van der Waals surface area contributed by atoms with Crippen LogP contribution in [0.5, 0.6) is 11.5 Å². The smallest absolute Gasteiger partial charge is 0.272 e. The molecule has 10 rings (SSSR count). The number of ether oxygens (including phenoxy) is 2. The summed E-state index contributed by atoms with van der Waals surface area (Å²) < 4.78 is 26.3. The summed E-state index contributed by atoms with van der Waals surface area (Å²) in [5, 5.41) is 14.6. The predicted molar refractivity (Wildman–Crippen MR) is 315 cm³/mol. The Bertz CT molecular complexity index is 3140. The zero-order valence-electron chi connectivity index (χ0n) is 48.3. The van der Waals surface area contributed by atoms with Crippen LogP contribution in [0.2, 0.25) is 0 Å². The number of rotatable bonds is 19. The van der Waals surface area contributed by atoms with Crippen molar-refractivity contribution in [2.24, 2.45) is 11.8 Å². The molecule has 1 saturated carbocycles. The molecule has 83 heavy (non-hydrogen) atoms. The fourth-order valence-corrected chi connectivity index (χ4v) is 13.0. The summed E-state index contributed by atoms with van der Waals surface area (Å²) in [6, 6.07) is 24.5. The molecule has 2 unspecified atom stereocenters.